The Balaban J connectivity index is 1.85. The summed E-state index contributed by atoms with van der Waals surface area (Å²) in [5, 5.41) is 8.63. The predicted molar refractivity (Wildman–Crippen MR) is 76.8 cm³/mol. The van der Waals surface area contributed by atoms with Gasteiger partial charge in [-0.25, -0.2) is 9.78 Å². The van der Waals surface area contributed by atoms with E-state index in [0.29, 0.717) is 11.5 Å². The number of carbonyl (C=O) groups is 1. The lowest BCUT2D eigenvalue weighted by atomic mass is 10.1. The Labute approximate surface area is 120 Å². The summed E-state index contributed by atoms with van der Waals surface area (Å²) in [4.78, 5) is 16.0. The fourth-order valence-electron chi connectivity index (χ4n) is 1.97. The average molecular weight is 283 g/mol. The third-order valence-corrected chi connectivity index (χ3v) is 2.99. The molecule has 0 aliphatic rings. The number of nitrogens with zero attached hydrogens (tertiary/aromatic N) is 1. The molecule has 0 saturated carbocycles. The molecule has 0 unspecified atom stereocenters. The Kier molecular flexibility index (Phi) is 3.66. The molecule has 0 saturated heterocycles. The number of aliphatic hydroxyl groups is 1. The predicted octanol–water partition coefficient (Wildman–Crippen LogP) is 2.64. The van der Waals surface area contributed by atoms with Gasteiger partial charge in [-0.3, -0.25) is 0 Å². The quantitative estimate of drug-likeness (QED) is 0.745. The summed E-state index contributed by atoms with van der Waals surface area (Å²) in [5.74, 6) is 0.0413. The smallest absolute Gasteiger partial charge is 0.338 e. The molecular weight excluding hydrogens is 270 g/mol. The number of aromatic nitrogens is 1. The number of ether oxygens (including phenoxy) is 1. The molecule has 5 heteroatoms. The minimum atomic E-state index is -0.465. The van der Waals surface area contributed by atoms with Crippen LogP contribution in [-0.4, -0.2) is 29.3 Å². The van der Waals surface area contributed by atoms with Crippen molar-refractivity contribution in [1.29, 1.82) is 0 Å². The Hall–Kier alpha value is -2.66. The second-order valence-corrected chi connectivity index (χ2v) is 4.42. The Morgan fingerprint density at radius 1 is 1.14 bits per heavy atom. The number of aliphatic hydroxyl groups excluding tert-OH is 1. The van der Waals surface area contributed by atoms with Crippen LogP contribution in [0.15, 0.2) is 52.9 Å². The molecule has 3 rings (SSSR count). The van der Waals surface area contributed by atoms with Crippen molar-refractivity contribution in [3.63, 3.8) is 0 Å². The topological polar surface area (TPSA) is 72.6 Å². The van der Waals surface area contributed by atoms with Crippen LogP contribution in [0.2, 0.25) is 0 Å². The first-order valence-electron chi connectivity index (χ1n) is 6.52. The fraction of sp³-hybridized carbons (Fsp3) is 0.125. The Morgan fingerprint density at radius 2 is 1.90 bits per heavy atom. The molecule has 0 radical (unpaired) electrons. The van der Waals surface area contributed by atoms with Gasteiger partial charge in [0.2, 0.25) is 5.89 Å². The van der Waals surface area contributed by atoms with E-state index in [1.54, 1.807) is 24.3 Å². The maximum Gasteiger partial charge on any atom is 0.338 e. The van der Waals surface area contributed by atoms with Gasteiger partial charge in [0.15, 0.2) is 5.58 Å². The van der Waals surface area contributed by atoms with E-state index < -0.39 is 5.97 Å². The van der Waals surface area contributed by atoms with Crippen molar-refractivity contribution < 1.29 is 19.1 Å². The van der Waals surface area contributed by atoms with Gasteiger partial charge in [-0.15, -0.1) is 0 Å². The van der Waals surface area contributed by atoms with Gasteiger partial charge in [0.25, 0.3) is 0 Å². The molecule has 0 atom stereocenters. The number of esters is 1. The molecule has 106 valence electrons. The van der Waals surface area contributed by atoms with E-state index in [1.807, 2.05) is 24.3 Å². The molecular formula is C16H13NO4. The first kappa shape index (κ1) is 13.3. The summed E-state index contributed by atoms with van der Waals surface area (Å²) in [6.45, 7) is -0.196. The third-order valence-electron chi connectivity index (χ3n) is 2.99. The first-order chi connectivity index (χ1) is 10.3. The lowest BCUT2D eigenvalue weighted by molar-refractivity contribution is 0.0434. The number of benzene rings is 2. The SMILES string of the molecule is O=C(OCCO)c1ccc(-c2nc3ccccc3o2)cc1. The van der Waals surface area contributed by atoms with Crippen molar-refractivity contribution in [3.8, 4) is 11.5 Å². The van der Waals surface area contributed by atoms with Gasteiger partial charge in [-0.2, -0.15) is 0 Å². The van der Waals surface area contributed by atoms with Crippen LogP contribution in [0.5, 0.6) is 0 Å². The van der Waals surface area contributed by atoms with Crippen molar-refractivity contribution in [2.75, 3.05) is 13.2 Å². The molecule has 5 nitrogen and oxygen atoms in total. The molecule has 0 aliphatic carbocycles. The Bertz CT molecular complexity index is 728. The van der Waals surface area contributed by atoms with E-state index in [-0.39, 0.29) is 13.2 Å². The average Bonchev–Trinajstić information content (AvgIpc) is 2.96. The van der Waals surface area contributed by atoms with Crippen LogP contribution in [0.1, 0.15) is 10.4 Å². The number of hydrogen-bond acceptors (Lipinski definition) is 5. The monoisotopic (exact) mass is 283 g/mol. The molecule has 0 amide bonds. The van der Waals surface area contributed by atoms with Gasteiger partial charge in [0.05, 0.1) is 12.2 Å². The van der Waals surface area contributed by atoms with Crippen molar-refractivity contribution in [3.05, 3.63) is 54.1 Å². The van der Waals surface area contributed by atoms with Crippen LogP contribution >= 0.6 is 0 Å². The highest BCUT2D eigenvalue weighted by Crippen LogP contribution is 2.24. The van der Waals surface area contributed by atoms with Gasteiger partial charge in [0, 0.05) is 5.56 Å². The standard InChI is InChI=1S/C16H13NO4/c18-9-10-20-16(19)12-7-5-11(6-8-12)15-17-13-3-1-2-4-14(13)21-15/h1-8,18H,9-10H2. The van der Waals surface area contributed by atoms with Gasteiger partial charge in [0.1, 0.15) is 12.1 Å². The van der Waals surface area contributed by atoms with Crippen LogP contribution in [-0.2, 0) is 4.74 Å². The number of carbonyl (C=O) groups excluding carboxylic acids is 1. The van der Waals surface area contributed by atoms with Crippen molar-refractivity contribution in [2.24, 2.45) is 0 Å². The summed E-state index contributed by atoms with van der Waals surface area (Å²) >= 11 is 0. The van der Waals surface area contributed by atoms with E-state index in [4.69, 9.17) is 14.3 Å². The van der Waals surface area contributed by atoms with Crippen molar-refractivity contribution in [2.45, 2.75) is 0 Å². The number of hydrogen-bond donors (Lipinski definition) is 1. The molecule has 0 aliphatic heterocycles. The summed E-state index contributed by atoms with van der Waals surface area (Å²) in [6, 6.07) is 14.3. The first-order valence-corrected chi connectivity index (χ1v) is 6.52. The molecule has 1 aromatic heterocycles. The molecule has 1 heterocycles. The molecule has 0 fully saturated rings. The van der Waals surface area contributed by atoms with Crippen LogP contribution in [0.4, 0.5) is 0 Å². The zero-order valence-electron chi connectivity index (χ0n) is 11.2. The van der Waals surface area contributed by atoms with E-state index in [9.17, 15) is 4.79 Å². The van der Waals surface area contributed by atoms with E-state index in [2.05, 4.69) is 4.98 Å². The lowest BCUT2D eigenvalue weighted by Crippen LogP contribution is -2.08. The minimum Gasteiger partial charge on any atom is -0.460 e. The largest absolute Gasteiger partial charge is 0.460 e. The zero-order valence-corrected chi connectivity index (χ0v) is 11.2. The van der Waals surface area contributed by atoms with Crippen LogP contribution < -0.4 is 0 Å². The van der Waals surface area contributed by atoms with Crippen molar-refractivity contribution >= 4 is 17.1 Å². The van der Waals surface area contributed by atoms with Crippen LogP contribution in [0.25, 0.3) is 22.6 Å². The van der Waals surface area contributed by atoms with Gasteiger partial charge in [-0.05, 0) is 36.4 Å². The summed E-state index contributed by atoms with van der Waals surface area (Å²) in [5.41, 5.74) is 2.71. The number of fused-ring (bicyclic) bond motifs is 1. The molecule has 1 N–H and O–H groups in total. The van der Waals surface area contributed by atoms with E-state index in [1.165, 1.54) is 0 Å². The molecule has 3 aromatic rings. The summed E-state index contributed by atoms with van der Waals surface area (Å²) in [7, 11) is 0. The van der Waals surface area contributed by atoms with Crippen LogP contribution in [0.3, 0.4) is 0 Å². The van der Waals surface area contributed by atoms with E-state index in [0.717, 1.165) is 16.7 Å². The molecule has 0 bridgehead atoms. The number of rotatable bonds is 4. The van der Waals surface area contributed by atoms with E-state index >= 15 is 0 Å². The zero-order chi connectivity index (χ0) is 14.7. The second kappa shape index (κ2) is 5.76. The summed E-state index contributed by atoms with van der Waals surface area (Å²) in [6.07, 6.45) is 0. The maximum atomic E-state index is 11.6. The normalized spacial score (nSPS) is 10.7. The highest BCUT2D eigenvalue weighted by Gasteiger charge is 2.10. The molecule has 2 aromatic carbocycles. The minimum absolute atomic E-state index is 0.00822. The number of para-hydroxylation sites is 2. The third kappa shape index (κ3) is 2.78. The number of oxazole rings is 1. The molecule has 21 heavy (non-hydrogen) atoms. The second-order valence-electron chi connectivity index (χ2n) is 4.42. The Morgan fingerprint density at radius 3 is 2.62 bits per heavy atom. The summed E-state index contributed by atoms with van der Waals surface area (Å²) < 4.78 is 10.5. The van der Waals surface area contributed by atoms with Crippen LogP contribution in [0, 0.1) is 0 Å². The lowest BCUT2D eigenvalue weighted by Gasteiger charge is -2.03. The highest BCUT2D eigenvalue weighted by atomic mass is 16.5. The van der Waals surface area contributed by atoms with Crippen molar-refractivity contribution in [1.82, 2.24) is 4.98 Å². The fourth-order valence-corrected chi connectivity index (χ4v) is 1.97. The molecule has 0 spiro atoms. The van der Waals surface area contributed by atoms with Gasteiger partial charge in [-0.1, -0.05) is 12.1 Å². The highest BCUT2D eigenvalue weighted by molar-refractivity contribution is 5.90. The maximum absolute atomic E-state index is 11.6. The van der Waals surface area contributed by atoms with Gasteiger partial charge >= 0.3 is 5.97 Å². The van der Waals surface area contributed by atoms with Gasteiger partial charge < -0.3 is 14.3 Å².